The van der Waals surface area contributed by atoms with Crippen molar-refractivity contribution in [2.75, 3.05) is 13.2 Å². The minimum atomic E-state index is -3.57. The molecule has 2 aromatic rings. The molecule has 1 heterocycles. The Morgan fingerprint density at radius 3 is 2.29 bits per heavy atom. The predicted octanol–water partition coefficient (Wildman–Crippen LogP) is -1.94. The highest BCUT2D eigenvalue weighted by Gasteiger charge is 2.43. The first kappa shape index (κ1) is 24.1. The van der Waals surface area contributed by atoms with Gasteiger partial charge in [0, 0.05) is 37.1 Å². The molecule has 0 amide bonds. The predicted molar refractivity (Wildman–Crippen MR) is 97.5 cm³/mol. The lowest BCUT2D eigenvalue weighted by molar-refractivity contribution is -0.509. The van der Waals surface area contributed by atoms with Crippen LogP contribution in [0, 0.1) is 0 Å². The van der Waals surface area contributed by atoms with Crippen LogP contribution in [-0.4, -0.2) is 71.7 Å². The van der Waals surface area contributed by atoms with Crippen molar-refractivity contribution in [1.82, 2.24) is 9.47 Å². The summed E-state index contributed by atoms with van der Waals surface area (Å²) in [6.07, 6.45) is -3.10. The second-order valence-corrected chi connectivity index (χ2v) is 6.06. The molecular weight excluding hydrogens is 374 g/mol. The van der Waals surface area contributed by atoms with E-state index in [1.165, 1.54) is 0 Å². The Labute approximate surface area is 161 Å². The fourth-order valence-electron chi connectivity index (χ4n) is 2.61. The van der Waals surface area contributed by atoms with Gasteiger partial charge < -0.3 is 44.8 Å². The van der Waals surface area contributed by atoms with Crippen LogP contribution in [0.5, 0.6) is 0 Å². The largest absolute Gasteiger partial charge is 0.352 e. The Bertz CT molecular complexity index is 722. The van der Waals surface area contributed by atoms with E-state index in [1.807, 2.05) is 35.9 Å². The number of hydrogen-bond acceptors (Lipinski definition) is 10. The van der Waals surface area contributed by atoms with Crippen LogP contribution in [0.25, 0.3) is 10.9 Å². The second kappa shape index (κ2) is 10.6. The number of aryl methyl sites for hydroxylation is 1. The van der Waals surface area contributed by atoms with Crippen LogP contribution < -0.4 is 5.90 Å². The number of rotatable bonds is 9. The third-order valence-corrected chi connectivity index (χ3v) is 3.89. The maximum Gasteiger partial charge on any atom is 0.352 e. The van der Waals surface area contributed by atoms with Crippen molar-refractivity contribution in [1.29, 1.82) is 0 Å². The van der Waals surface area contributed by atoms with Crippen molar-refractivity contribution in [2.24, 2.45) is 12.9 Å². The number of aromatic nitrogens is 1. The van der Waals surface area contributed by atoms with Gasteiger partial charge in [-0.3, -0.25) is 0 Å². The van der Waals surface area contributed by atoms with E-state index < -0.39 is 18.7 Å². The summed E-state index contributed by atoms with van der Waals surface area (Å²) < 4.78 is 1.86. The van der Waals surface area contributed by atoms with Gasteiger partial charge in [-0.05, 0) is 24.5 Å². The molecule has 0 radical (unpaired) electrons. The van der Waals surface area contributed by atoms with Crippen LogP contribution in [0.4, 0.5) is 0 Å². The highest BCUT2D eigenvalue weighted by Crippen LogP contribution is 2.22. The third kappa shape index (κ3) is 7.24. The average molecular weight is 401 g/mol. The molecule has 0 spiro atoms. The van der Waals surface area contributed by atoms with E-state index >= 15 is 0 Å². The summed E-state index contributed by atoms with van der Waals surface area (Å²) in [6.45, 7) is 0.0553. The van der Waals surface area contributed by atoms with Gasteiger partial charge in [-0.2, -0.15) is 0 Å². The van der Waals surface area contributed by atoms with Gasteiger partial charge in [0.05, 0.1) is 6.61 Å². The second-order valence-electron chi connectivity index (χ2n) is 6.06. The van der Waals surface area contributed by atoms with Crippen LogP contribution in [-0.2, 0) is 23.1 Å². The molecule has 0 aliphatic rings. The molecule has 0 aliphatic heterocycles. The monoisotopic (exact) mass is 401 g/mol. The molecule has 8 N–H and O–H groups in total. The van der Waals surface area contributed by atoms with Crippen LogP contribution in [0.3, 0.4) is 0 Å². The molecule has 1 aromatic heterocycles. The number of carbonyl (C=O) groups is 1. The summed E-state index contributed by atoms with van der Waals surface area (Å²) in [5.74, 6) is 4.65. The summed E-state index contributed by atoms with van der Waals surface area (Å²) in [5.41, 5.74) is 1.73. The first-order chi connectivity index (χ1) is 13.0. The van der Waals surface area contributed by atoms with Crippen molar-refractivity contribution in [3.8, 4) is 0 Å². The summed E-state index contributed by atoms with van der Waals surface area (Å²) in [7, 11) is 1.84. The fourth-order valence-corrected chi connectivity index (χ4v) is 2.61. The zero-order valence-corrected chi connectivity index (χ0v) is 15.5. The first-order valence-electron chi connectivity index (χ1n) is 8.42. The maximum absolute atomic E-state index is 9.58. The normalized spacial score (nSPS) is 12.2. The van der Waals surface area contributed by atoms with Gasteiger partial charge in [0.15, 0.2) is 0 Å². The number of nitrogens with zero attached hydrogens (tertiary/aromatic N) is 2. The quantitative estimate of drug-likeness (QED) is 0.108. The van der Waals surface area contributed by atoms with E-state index in [-0.39, 0.29) is 11.3 Å². The lowest BCUT2D eigenvalue weighted by Crippen LogP contribution is -2.61. The van der Waals surface area contributed by atoms with Crippen molar-refractivity contribution >= 4 is 17.2 Å². The zero-order chi connectivity index (χ0) is 21.4. The van der Waals surface area contributed by atoms with Crippen molar-refractivity contribution in [3.05, 3.63) is 36.0 Å². The van der Waals surface area contributed by atoms with Gasteiger partial charge in [-0.15, -0.1) is 4.90 Å². The molecule has 0 fully saturated rings. The molecule has 0 bridgehead atoms. The topological polar surface area (TPSA) is 182 Å². The number of aldehydes is 1. The molecule has 1 aromatic carbocycles. The van der Waals surface area contributed by atoms with Gasteiger partial charge in [0.1, 0.15) is 6.29 Å². The van der Waals surface area contributed by atoms with Gasteiger partial charge in [0.25, 0.3) is 0 Å². The van der Waals surface area contributed by atoms with Crippen LogP contribution >= 0.6 is 0 Å². The van der Waals surface area contributed by atoms with E-state index in [1.54, 1.807) is 6.20 Å². The standard InChI is InChI=1S/C13H18N2O6.C4H9NO2/c1-14-8-9(10-4-2-3-5-11(10)14)6-7-15(12(16,17)18)13(19,20)21;5-7-4-2-1-3-6/h2-5,8,16-21H,6-7H2,1H3;3H,1-2,4-5H2. The first-order valence-corrected chi connectivity index (χ1v) is 8.42. The smallest absolute Gasteiger partial charge is 0.350 e. The van der Waals surface area contributed by atoms with Gasteiger partial charge in [-0.25, -0.2) is 5.90 Å². The number of carbonyl (C=O) groups excluding carboxylic acids is 1. The Kier molecular flexibility index (Phi) is 9.10. The van der Waals surface area contributed by atoms with Crippen LogP contribution in [0.1, 0.15) is 18.4 Å². The Hall–Kier alpha value is -1.93. The molecule has 0 aliphatic carbocycles. The van der Waals surface area contributed by atoms with Crippen molar-refractivity contribution in [3.63, 3.8) is 0 Å². The number of para-hydroxylation sites is 1. The van der Waals surface area contributed by atoms with Crippen LogP contribution in [0.15, 0.2) is 30.5 Å². The summed E-state index contributed by atoms with van der Waals surface area (Å²) in [6, 6.07) is 7.48. The van der Waals surface area contributed by atoms with E-state index in [4.69, 9.17) is 30.6 Å². The van der Waals surface area contributed by atoms with E-state index in [0.29, 0.717) is 13.0 Å². The molecule has 2 rings (SSSR count). The molecule has 11 heteroatoms. The van der Waals surface area contributed by atoms with Gasteiger partial charge in [0.2, 0.25) is 0 Å². The molecule has 158 valence electrons. The Morgan fingerprint density at radius 1 is 1.14 bits per heavy atom. The third-order valence-electron chi connectivity index (χ3n) is 3.89. The Balaban J connectivity index is 0.000000480. The lowest BCUT2D eigenvalue weighted by Gasteiger charge is -2.35. The molecule has 11 nitrogen and oxygen atoms in total. The highest BCUT2D eigenvalue weighted by molar-refractivity contribution is 5.83. The summed E-state index contributed by atoms with van der Waals surface area (Å²) in [5, 5.41) is 55.3. The summed E-state index contributed by atoms with van der Waals surface area (Å²) >= 11 is 0. The zero-order valence-electron chi connectivity index (χ0n) is 15.5. The van der Waals surface area contributed by atoms with Gasteiger partial charge >= 0.3 is 12.2 Å². The molecule has 0 saturated heterocycles. The molecule has 0 saturated carbocycles. The molecular formula is C17H27N3O8. The average Bonchev–Trinajstić information content (AvgIpc) is 2.90. The van der Waals surface area contributed by atoms with E-state index in [9.17, 15) is 4.79 Å². The van der Waals surface area contributed by atoms with Crippen molar-refractivity contribution in [2.45, 2.75) is 31.5 Å². The number of aliphatic hydroxyl groups is 6. The number of hydrogen-bond donors (Lipinski definition) is 7. The molecule has 0 unspecified atom stereocenters. The number of fused-ring (bicyclic) bond motifs is 1. The fraction of sp³-hybridized carbons (Fsp3) is 0.471. The van der Waals surface area contributed by atoms with E-state index in [2.05, 4.69) is 10.7 Å². The number of nitrogens with two attached hydrogens (primary N) is 1. The van der Waals surface area contributed by atoms with E-state index in [0.717, 1.165) is 29.2 Å². The minimum absolute atomic E-state index is 0.0677. The minimum Gasteiger partial charge on any atom is -0.350 e. The molecule has 28 heavy (non-hydrogen) atoms. The highest BCUT2D eigenvalue weighted by atomic mass is 16.8. The number of benzene rings is 1. The Morgan fingerprint density at radius 2 is 1.75 bits per heavy atom. The maximum atomic E-state index is 9.58. The van der Waals surface area contributed by atoms with Crippen LogP contribution in [0.2, 0.25) is 0 Å². The van der Waals surface area contributed by atoms with Crippen molar-refractivity contribution < 1.29 is 40.3 Å². The van der Waals surface area contributed by atoms with Gasteiger partial charge in [-0.1, -0.05) is 18.2 Å². The SMILES string of the molecule is Cn1cc(CCN(C(O)(O)O)C(O)(O)O)c2ccccc21.NOCCCC=O. The lowest BCUT2D eigenvalue weighted by atomic mass is 10.1. The number of unbranched alkanes of at least 4 members (excludes halogenated alkanes) is 1. The molecule has 0 atom stereocenters. The summed E-state index contributed by atoms with van der Waals surface area (Å²) in [4.78, 5) is 13.7.